The van der Waals surface area contributed by atoms with Crippen LogP contribution in [-0.4, -0.2) is 21.3 Å². The molecule has 0 saturated heterocycles. The fraction of sp³-hybridized carbons (Fsp3) is 0.429. The van der Waals surface area contributed by atoms with Crippen LogP contribution in [0.25, 0.3) is 0 Å². The average Bonchev–Trinajstić information content (AvgIpc) is 2.97. The van der Waals surface area contributed by atoms with Gasteiger partial charge in [0.05, 0.1) is 0 Å². The predicted molar refractivity (Wildman–Crippen MR) is 70.2 cm³/mol. The summed E-state index contributed by atoms with van der Waals surface area (Å²) in [5.41, 5.74) is 2.37. The van der Waals surface area contributed by atoms with Crippen molar-refractivity contribution in [3.63, 3.8) is 0 Å². The Morgan fingerprint density at radius 2 is 2.37 bits per heavy atom. The van der Waals surface area contributed by atoms with Gasteiger partial charge < -0.3 is 9.88 Å². The molecule has 0 radical (unpaired) electrons. The number of benzene rings is 1. The van der Waals surface area contributed by atoms with E-state index in [2.05, 4.69) is 15.5 Å². The number of nitrogens with zero attached hydrogens (tertiary/aromatic N) is 3. The maximum atomic E-state index is 13.1. The van der Waals surface area contributed by atoms with Crippen molar-refractivity contribution in [2.24, 2.45) is 7.05 Å². The lowest BCUT2D eigenvalue weighted by Crippen LogP contribution is -2.22. The normalized spacial score (nSPS) is 17.7. The van der Waals surface area contributed by atoms with E-state index < -0.39 is 0 Å². The summed E-state index contributed by atoms with van der Waals surface area (Å²) in [7, 11) is 1.95. The zero-order valence-electron chi connectivity index (χ0n) is 10.9. The average molecular weight is 260 g/mol. The first-order valence-electron chi connectivity index (χ1n) is 6.58. The van der Waals surface area contributed by atoms with Gasteiger partial charge in [-0.3, -0.25) is 0 Å². The van der Waals surface area contributed by atoms with Crippen LogP contribution >= 0.6 is 0 Å². The fourth-order valence-electron chi connectivity index (χ4n) is 2.69. The molecule has 5 heteroatoms. The maximum absolute atomic E-state index is 13.1. The van der Waals surface area contributed by atoms with Crippen molar-refractivity contribution in [1.29, 1.82) is 0 Å². The molecule has 1 heterocycles. The molecule has 1 aliphatic carbocycles. The molecule has 19 heavy (non-hydrogen) atoms. The van der Waals surface area contributed by atoms with Gasteiger partial charge in [-0.2, -0.15) is 0 Å². The van der Waals surface area contributed by atoms with E-state index >= 15 is 0 Å². The number of rotatable bonds is 4. The second kappa shape index (κ2) is 5.09. The smallest absolute Gasteiger partial charge is 0.133 e. The number of nitrogens with one attached hydrogen (secondary N) is 1. The van der Waals surface area contributed by atoms with E-state index in [1.54, 1.807) is 18.5 Å². The number of halogens is 1. The molecular weight excluding hydrogens is 243 g/mol. The highest BCUT2D eigenvalue weighted by molar-refractivity contribution is 5.34. The molecule has 0 spiro atoms. The van der Waals surface area contributed by atoms with Crippen LogP contribution in [0.2, 0.25) is 0 Å². The molecule has 100 valence electrons. The third-order valence-corrected chi connectivity index (χ3v) is 3.73. The Labute approximate surface area is 111 Å². The van der Waals surface area contributed by atoms with Crippen LogP contribution in [0.1, 0.15) is 29.4 Å². The second-order valence-corrected chi connectivity index (χ2v) is 5.00. The maximum Gasteiger partial charge on any atom is 0.133 e. The highest BCUT2D eigenvalue weighted by atomic mass is 19.1. The van der Waals surface area contributed by atoms with E-state index in [1.807, 2.05) is 17.7 Å². The van der Waals surface area contributed by atoms with E-state index in [1.165, 1.54) is 5.56 Å². The molecule has 1 atom stereocenters. The Morgan fingerprint density at radius 3 is 3.16 bits per heavy atom. The van der Waals surface area contributed by atoms with Gasteiger partial charge in [0.1, 0.15) is 18.0 Å². The van der Waals surface area contributed by atoms with E-state index in [-0.39, 0.29) is 5.82 Å². The Kier molecular flexibility index (Phi) is 3.29. The number of aromatic nitrogens is 3. The van der Waals surface area contributed by atoms with Gasteiger partial charge in [-0.25, -0.2) is 4.39 Å². The topological polar surface area (TPSA) is 42.7 Å². The molecule has 4 nitrogen and oxygen atoms in total. The van der Waals surface area contributed by atoms with Gasteiger partial charge in [-0.15, -0.1) is 10.2 Å². The summed E-state index contributed by atoms with van der Waals surface area (Å²) in [6.07, 6.45) is 4.55. The van der Waals surface area contributed by atoms with Crippen molar-refractivity contribution in [3.05, 3.63) is 47.3 Å². The van der Waals surface area contributed by atoms with Gasteiger partial charge in [-0.05, 0) is 36.1 Å². The zero-order chi connectivity index (χ0) is 13.2. The molecular formula is C14H17FN4. The molecule has 0 fully saturated rings. The van der Waals surface area contributed by atoms with Crippen molar-refractivity contribution >= 4 is 0 Å². The lowest BCUT2D eigenvalue weighted by Gasteiger charge is -2.13. The van der Waals surface area contributed by atoms with Gasteiger partial charge >= 0.3 is 0 Å². The van der Waals surface area contributed by atoms with E-state index in [0.29, 0.717) is 6.04 Å². The van der Waals surface area contributed by atoms with Crippen LogP contribution in [0.4, 0.5) is 4.39 Å². The number of hydrogen-bond donors (Lipinski definition) is 1. The van der Waals surface area contributed by atoms with Gasteiger partial charge in [-0.1, -0.05) is 6.07 Å². The molecule has 3 rings (SSSR count). The lowest BCUT2D eigenvalue weighted by molar-refractivity contribution is 0.525. The van der Waals surface area contributed by atoms with Crippen LogP contribution in [0.3, 0.4) is 0 Å². The fourth-order valence-corrected chi connectivity index (χ4v) is 2.69. The minimum absolute atomic E-state index is 0.140. The van der Waals surface area contributed by atoms with Gasteiger partial charge in [0.2, 0.25) is 0 Å². The minimum Gasteiger partial charge on any atom is -0.321 e. The third-order valence-electron chi connectivity index (χ3n) is 3.73. The van der Waals surface area contributed by atoms with Crippen molar-refractivity contribution in [2.45, 2.75) is 25.3 Å². The van der Waals surface area contributed by atoms with Crippen molar-refractivity contribution < 1.29 is 4.39 Å². The molecule has 1 N–H and O–H groups in total. The summed E-state index contributed by atoms with van der Waals surface area (Å²) < 4.78 is 15.1. The van der Waals surface area contributed by atoms with Gasteiger partial charge in [0.25, 0.3) is 0 Å². The molecule has 1 aromatic heterocycles. The van der Waals surface area contributed by atoms with Crippen molar-refractivity contribution in [2.75, 3.05) is 6.54 Å². The van der Waals surface area contributed by atoms with Gasteiger partial charge in [0.15, 0.2) is 0 Å². The van der Waals surface area contributed by atoms with Gasteiger partial charge in [0, 0.05) is 26.1 Å². The highest BCUT2D eigenvalue weighted by Crippen LogP contribution is 2.31. The molecule has 1 unspecified atom stereocenters. The molecule has 0 saturated carbocycles. The van der Waals surface area contributed by atoms with Crippen molar-refractivity contribution in [3.8, 4) is 0 Å². The van der Waals surface area contributed by atoms with Crippen LogP contribution in [-0.2, 0) is 19.9 Å². The summed E-state index contributed by atoms with van der Waals surface area (Å²) >= 11 is 0. The number of aryl methyl sites for hydroxylation is 2. The summed E-state index contributed by atoms with van der Waals surface area (Å²) in [5.74, 6) is 0.836. The van der Waals surface area contributed by atoms with E-state index in [4.69, 9.17) is 0 Å². The predicted octanol–water partition coefficient (Wildman–Crippen LogP) is 1.77. The molecule has 1 aromatic carbocycles. The highest BCUT2D eigenvalue weighted by Gasteiger charge is 2.22. The van der Waals surface area contributed by atoms with E-state index in [0.717, 1.165) is 37.2 Å². The Hall–Kier alpha value is -1.75. The first-order chi connectivity index (χ1) is 9.24. The third kappa shape index (κ3) is 2.51. The lowest BCUT2D eigenvalue weighted by atomic mass is 10.1. The summed E-state index contributed by atoms with van der Waals surface area (Å²) in [4.78, 5) is 0. The number of hydrogen-bond acceptors (Lipinski definition) is 3. The van der Waals surface area contributed by atoms with Crippen LogP contribution in [0.5, 0.6) is 0 Å². The summed E-state index contributed by atoms with van der Waals surface area (Å²) in [6.45, 7) is 0.855. The minimum atomic E-state index is -0.140. The zero-order valence-corrected chi connectivity index (χ0v) is 10.9. The van der Waals surface area contributed by atoms with Crippen LogP contribution < -0.4 is 5.32 Å². The van der Waals surface area contributed by atoms with Crippen LogP contribution in [0, 0.1) is 5.82 Å². The standard InChI is InChI=1S/C14H17FN4/c1-19-9-17-18-14(19)6-7-16-13-5-2-10-8-11(15)3-4-12(10)13/h3-4,8-9,13,16H,2,5-7H2,1H3. The monoisotopic (exact) mass is 260 g/mol. The summed E-state index contributed by atoms with van der Waals surface area (Å²) in [5, 5.41) is 11.4. The van der Waals surface area contributed by atoms with E-state index in [9.17, 15) is 4.39 Å². The quantitative estimate of drug-likeness (QED) is 0.911. The molecule has 0 amide bonds. The van der Waals surface area contributed by atoms with Crippen LogP contribution in [0.15, 0.2) is 24.5 Å². The van der Waals surface area contributed by atoms with Crippen molar-refractivity contribution in [1.82, 2.24) is 20.1 Å². The Balaban J connectivity index is 1.60. The number of fused-ring (bicyclic) bond motifs is 1. The Bertz CT molecular complexity index is 579. The Morgan fingerprint density at radius 1 is 1.47 bits per heavy atom. The summed E-state index contributed by atoms with van der Waals surface area (Å²) in [6, 6.07) is 5.43. The largest absolute Gasteiger partial charge is 0.321 e. The SMILES string of the molecule is Cn1cnnc1CCNC1CCc2cc(F)ccc21. The molecule has 0 aliphatic heterocycles. The molecule has 1 aliphatic rings. The first kappa shape index (κ1) is 12.3. The molecule has 2 aromatic rings. The first-order valence-corrected chi connectivity index (χ1v) is 6.58. The molecule has 0 bridgehead atoms. The second-order valence-electron chi connectivity index (χ2n) is 5.00.